The smallest absolute Gasteiger partial charge is 0.0691 e. The SMILES string of the molecule is CNCc1cc(C)ccc1-n1cc(Br)cn1. The molecule has 0 saturated heterocycles. The van der Waals surface area contributed by atoms with Gasteiger partial charge in [0.15, 0.2) is 0 Å². The third kappa shape index (κ3) is 2.33. The molecule has 0 unspecified atom stereocenters. The second-order valence-electron chi connectivity index (χ2n) is 3.77. The minimum atomic E-state index is 0.842. The molecule has 1 N–H and O–H groups in total. The zero-order valence-electron chi connectivity index (χ0n) is 9.37. The van der Waals surface area contributed by atoms with Gasteiger partial charge in [0.05, 0.1) is 16.4 Å². The van der Waals surface area contributed by atoms with E-state index in [0.717, 1.165) is 16.7 Å². The summed E-state index contributed by atoms with van der Waals surface area (Å²) in [6.45, 7) is 2.94. The topological polar surface area (TPSA) is 29.9 Å². The lowest BCUT2D eigenvalue weighted by Crippen LogP contribution is -2.09. The summed E-state index contributed by atoms with van der Waals surface area (Å²) in [5.74, 6) is 0. The highest BCUT2D eigenvalue weighted by atomic mass is 79.9. The van der Waals surface area contributed by atoms with Crippen molar-refractivity contribution < 1.29 is 0 Å². The van der Waals surface area contributed by atoms with Crippen LogP contribution in [-0.4, -0.2) is 16.8 Å². The molecule has 0 aliphatic rings. The number of rotatable bonds is 3. The number of nitrogens with zero attached hydrogens (tertiary/aromatic N) is 2. The summed E-state index contributed by atoms with van der Waals surface area (Å²) in [6.07, 6.45) is 3.76. The minimum absolute atomic E-state index is 0.842. The molecule has 1 heterocycles. The standard InChI is InChI=1S/C12H14BrN3/c1-9-3-4-12(10(5-9)6-14-2)16-8-11(13)7-15-16/h3-5,7-8,14H,6H2,1-2H3. The second-order valence-corrected chi connectivity index (χ2v) is 4.68. The number of nitrogens with one attached hydrogen (secondary N) is 1. The van der Waals surface area contributed by atoms with Crippen LogP contribution >= 0.6 is 15.9 Å². The van der Waals surface area contributed by atoms with E-state index in [-0.39, 0.29) is 0 Å². The highest BCUT2D eigenvalue weighted by Crippen LogP contribution is 2.18. The molecule has 0 fully saturated rings. The van der Waals surface area contributed by atoms with Crippen molar-refractivity contribution in [1.82, 2.24) is 15.1 Å². The van der Waals surface area contributed by atoms with Crippen molar-refractivity contribution in [1.29, 1.82) is 0 Å². The van der Waals surface area contributed by atoms with E-state index in [9.17, 15) is 0 Å². The third-order valence-corrected chi connectivity index (χ3v) is 2.81. The molecule has 0 spiro atoms. The minimum Gasteiger partial charge on any atom is -0.316 e. The molecule has 0 amide bonds. The molecule has 16 heavy (non-hydrogen) atoms. The van der Waals surface area contributed by atoms with Crippen molar-refractivity contribution in [3.63, 3.8) is 0 Å². The van der Waals surface area contributed by atoms with Crippen molar-refractivity contribution in [3.8, 4) is 5.69 Å². The molecule has 84 valence electrons. The van der Waals surface area contributed by atoms with Crippen LogP contribution in [-0.2, 0) is 6.54 Å². The number of halogens is 1. The maximum atomic E-state index is 4.30. The molecule has 0 radical (unpaired) electrons. The van der Waals surface area contributed by atoms with Crippen LogP contribution in [0.1, 0.15) is 11.1 Å². The number of benzene rings is 1. The van der Waals surface area contributed by atoms with Crippen LogP contribution < -0.4 is 5.32 Å². The van der Waals surface area contributed by atoms with E-state index in [1.807, 2.05) is 17.9 Å². The highest BCUT2D eigenvalue weighted by Gasteiger charge is 2.05. The Balaban J connectivity index is 2.47. The normalized spacial score (nSPS) is 10.7. The Labute approximate surface area is 104 Å². The Kier molecular flexibility index (Phi) is 3.41. The number of aryl methyl sites for hydroxylation is 1. The van der Waals surface area contributed by atoms with Crippen molar-refractivity contribution in [3.05, 3.63) is 46.2 Å². The largest absolute Gasteiger partial charge is 0.316 e. The summed E-state index contributed by atoms with van der Waals surface area (Å²) < 4.78 is 2.87. The van der Waals surface area contributed by atoms with E-state index in [1.165, 1.54) is 11.1 Å². The maximum absolute atomic E-state index is 4.30. The Bertz CT molecular complexity index is 491. The van der Waals surface area contributed by atoms with Gasteiger partial charge in [-0.1, -0.05) is 17.7 Å². The zero-order chi connectivity index (χ0) is 11.5. The number of hydrogen-bond acceptors (Lipinski definition) is 2. The van der Waals surface area contributed by atoms with Crippen LogP contribution in [0.25, 0.3) is 5.69 Å². The van der Waals surface area contributed by atoms with Gasteiger partial charge in [0, 0.05) is 12.7 Å². The molecule has 0 saturated carbocycles. The summed E-state index contributed by atoms with van der Waals surface area (Å²) in [5, 5.41) is 7.48. The Morgan fingerprint density at radius 1 is 1.44 bits per heavy atom. The van der Waals surface area contributed by atoms with Gasteiger partial charge >= 0.3 is 0 Å². The van der Waals surface area contributed by atoms with Gasteiger partial charge in [-0.05, 0) is 41.5 Å². The van der Waals surface area contributed by atoms with Gasteiger partial charge in [0.1, 0.15) is 0 Å². The lowest BCUT2D eigenvalue weighted by atomic mass is 10.1. The van der Waals surface area contributed by atoms with Gasteiger partial charge in [0.2, 0.25) is 0 Å². The van der Waals surface area contributed by atoms with Crippen molar-refractivity contribution >= 4 is 15.9 Å². The lowest BCUT2D eigenvalue weighted by molar-refractivity contribution is 0.788. The second kappa shape index (κ2) is 4.80. The van der Waals surface area contributed by atoms with E-state index in [0.29, 0.717) is 0 Å². The zero-order valence-corrected chi connectivity index (χ0v) is 11.0. The Morgan fingerprint density at radius 3 is 2.88 bits per heavy atom. The molecule has 1 aromatic carbocycles. The summed E-state index contributed by atoms with van der Waals surface area (Å²) >= 11 is 3.41. The first-order valence-corrected chi connectivity index (χ1v) is 5.94. The molecule has 0 aliphatic carbocycles. The average molecular weight is 280 g/mol. The van der Waals surface area contributed by atoms with E-state index in [1.54, 1.807) is 6.20 Å². The predicted molar refractivity (Wildman–Crippen MR) is 68.8 cm³/mol. The van der Waals surface area contributed by atoms with Crippen molar-refractivity contribution in [2.75, 3.05) is 7.05 Å². The van der Waals surface area contributed by atoms with Gasteiger partial charge in [-0.15, -0.1) is 0 Å². The van der Waals surface area contributed by atoms with Gasteiger partial charge < -0.3 is 5.32 Å². The maximum Gasteiger partial charge on any atom is 0.0691 e. The average Bonchev–Trinajstić information content (AvgIpc) is 2.65. The van der Waals surface area contributed by atoms with E-state index < -0.39 is 0 Å². The monoisotopic (exact) mass is 279 g/mol. The van der Waals surface area contributed by atoms with E-state index in [4.69, 9.17) is 0 Å². The first kappa shape index (κ1) is 11.4. The molecule has 0 bridgehead atoms. The lowest BCUT2D eigenvalue weighted by Gasteiger charge is -2.10. The van der Waals surface area contributed by atoms with Crippen molar-refractivity contribution in [2.45, 2.75) is 13.5 Å². The quantitative estimate of drug-likeness (QED) is 0.936. The summed E-state index contributed by atoms with van der Waals surface area (Å²) in [4.78, 5) is 0. The fourth-order valence-corrected chi connectivity index (χ4v) is 1.99. The molecule has 3 nitrogen and oxygen atoms in total. The summed E-state index contributed by atoms with van der Waals surface area (Å²) in [6, 6.07) is 6.38. The van der Waals surface area contributed by atoms with Crippen molar-refractivity contribution in [2.24, 2.45) is 0 Å². The fraction of sp³-hybridized carbons (Fsp3) is 0.250. The van der Waals surface area contributed by atoms with Crippen LogP contribution in [0.3, 0.4) is 0 Å². The molecule has 0 aliphatic heterocycles. The number of hydrogen-bond donors (Lipinski definition) is 1. The molecule has 2 aromatic rings. The Hall–Kier alpha value is -1.13. The van der Waals surface area contributed by atoms with Gasteiger partial charge in [-0.2, -0.15) is 5.10 Å². The first-order chi connectivity index (χ1) is 7.70. The van der Waals surface area contributed by atoms with Gasteiger partial charge in [0.25, 0.3) is 0 Å². The van der Waals surface area contributed by atoms with E-state index in [2.05, 4.69) is 51.5 Å². The molecular weight excluding hydrogens is 266 g/mol. The summed E-state index contributed by atoms with van der Waals surface area (Å²) in [7, 11) is 1.95. The van der Waals surface area contributed by atoms with Crippen LogP contribution in [0.4, 0.5) is 0 Å². The predicted octanol–water partition coefficient (Wildman–Crippen LogP) is 2.66. The van der Waals surface area contributed by atoms with Gasteiger partial charge in [-0.25, -0.2) is 4.68 Å². The highest BCUT2D eigenvalue weighted by molar-refractivity contribution is 9.10. The molecule has 4 heteroatoms. The molecule has 1 aromatic heterocycles. The third-order valence-electron chi connectivity index (χ3n) is 2.40. The van der Waals surface area contributed by atoms with Crippen LogP contribution in [0.2, 0.25) is 0 Å². The van der Waals surface area contributed by atoms with Crippen LogP contribution in [0, 0.1) is 6.92 Å². The molecule has 2 rings (SSSR count). The van der Waals surface area contributed by atoms with E-state index >= 15 is 0 Å². The van der Waals surface area contributed by atoms with Gasteiger partial charge in [-0.3, -0.25) is 0 Å². The first-order valence-electron chi connectivity index (χ1n) is 5.15. The number of aromatic nitrogens is 2. The van der Waals surface area contributed by atoms with Crippen LogP contribution in [0.15, 0.2) is 35.1 Å². The fourth-order valence-electron chi connectivity index (χ4n) is 1.70. The molecular formula is C12H14BrN3. The summed E-state index contributed by atoms with van der Waals surface area (Å²) in [5.41, 5.74) is 3.63. The molecule has 0 atom stereocenters. The van der Waals surface area contributed by atoms with Crippen LogP contribution in [0.5, 0.6) is 0 Å². The Morgan fingerprint density at radius 2 is 2.25 bits per heavy atom.